The van der Waals surface area contributed by atoms with Crippen molar-refractivity contribution in [3.63, 3.8) is 0 Å². The van der Waals surface area contributed by atoms with Crippen molar-refractivity contribution < 1.29 is 23.1 Å². The first kappa shape index (κ1) is 24.7. The Hall–Kier alpha value is -1.91. The molecule has 0 aromatic heterocycles. The van der Waals surface area contributed by atoms with Crippen LogP contribution >= 0.6 is 43.5 Å². The lowest BCUT2D eigenvalue weighted by atomic mass is 10.0. The molecule has 0 aliphatic rings. The standard InChI is InChI=1S/C22H18Br2ClNO5S/c1-11(2)15-9-12(3-7-18(15)27)31-19-8-5-14(20(23)21(19)24)22(28)16-10-13(32(26,29)30)4-6-17(16)25/h3-11,27H,1-2H3,(H2,26,29,30). The molecule has 3 aromatic rings. The Bertz CT molecular complexity index is 1330. The first-order valence-corrected chi connectivity index (χ1v) is 12.8. The van der Waals surface area contributed by atoms with Crippen LogP contribution in [0.25, 0.3) is 0 Å². The molecule has 0 saturated carbocycles. The average molecular weight is 604 g/mol. The van der Waals surface area contributed by atoms with Crippen LogP contribution < -0.4 is 9.88 Å². The molecule has 0 aliphatic heterocycles. The Kier molecular flexibility index (Phi) is 7.36. The molecule has 0 unspecified atom stereocenters. The molecule has 0 fully saturated rings. The Morgan fingerprint density at radius 2 is 1.72 bits per heavy atom. The number of phenolic OH excluding ortho intramolecular Hbond substituents is 1. The van der Waals surface area contributed by atoms with E-state index in [1.807, 2.05) is 13.8 Å². The molecule has 0 atom stereocenters. The first-order chi connectivity index (χ1) is 14.9. The molecular formula is C22H18Br2ClNO5S. The van der Waals surface area contributed by atoms with Crippen LogP contribution in [0.15, 0.2) is 62.4 Å². The zero-order valence-electron chi connectivity index (χ0n) is 16.9. The minimum absolute atomic E-state index is 0.000398. The molecule has 3 rings (SSSR count). The Labute approximate surface area is 207 Å². The van der Waals surface area contributed by atoms with E-state index in [2.05, 4.69) is 31.9 Å². The van der Waals surface area contributed by atoms with Gasteiger partial charge in [0.2, 0.25) is 10.0 Å². The zero-order valence-corrected chi connectivity index (χ0v) is 21.6. The number of hydrogen-bond acceptors (Lipinski definition) is 5. The van der Waals surface area contributed by atoms with E-state index < -0.39 is 15.8 Å². The molecule has 0 spiro atoms. The number of benzene rings is 3. The number of sulfonamides is 1. The summed E-state index contributed by atoms with van der Waals surface area (Å²) in [6.45, 7) is 3.92. The summed E-state index contributed by atoms with van der Waals surface area (Å²) in [5, 5.41) is 15.3. The number of primary sulfonamides is 1. The van der Waals surface area contributed by atoms with E-state index >= 15 is 0 Å². The van der Waals surface area contributed by atoms with Crippen LogP contribution in [0, 0.1) is 0 Å². The summed E-state index contributed by atoms with van der Waals surface area (Å²) < 4.78 is 30.1. The molecule has 32 heavy (non-hydrogen) atoms. The van der Waals surface area contributed by atoms with E-state index in [0.717, 1.165) is 11.6 Å². The number of carbonyl (C=O) groups excluding carboxylic acids is 1. The van der Waals surface area contributed by atoms with Crippen molar-refractivity contribution in [1.29, 1.82) is 0 Å². The van der Waals surface area contributed by atoms with Gasteiger partial charge >= 0.3 is 0 Å². The summed E-state index contributed by atoms with van der Waals surface area (Å²) >= 11 is 13.0. The highest BCUT2D eigenvalue weighted by molar-refractivity contribution is 9.13. The van der Waals surface area contributed by atoms with E-state index in [1.165, 1.54) is 18.2 Å². The second kappa shape index (κ2) is 9.52. The van der Waals surface area contributed by atoms with Gasteiger partial charge in [-0.3, -0.25) is 4.79 Å². The lowest BCUT2D eigenvalue weighted by Crippen LogP contribution is -2.13. The fraction of sp³-hybridized carbons (Fsp3) is 0.136. The fourth-order valence-corrected chi connectivity index (χ4v) is 4.65. The van der Waals surface area contributed by atoms with Gasteiger partial charge in [0, 0.05) is 21.2 Å². The van der Waals surface area contributed by atoms with Crippen molar-refractivity contribution in [1.82, 2.24) is 0 Å². The molecule has 0 amide bonds. The van der Waals surface area contributed by atoms with Gasteiger partial charge in [0.15, 0.2) is 5.78 Å². The number of nitrogens with two attached hydrogens (primary N) is 1. The molecule has 10 heteroatoms. The van der Waals surface area contributed by atoms with Gasteiger partial charge in [0.1, 0.15) is 17.2 Å². The summed E-state index contributed by atoms with van der Waals surface area (Å²) in [7, 11) is -4.00. The Morgan fingerprint density at radius 1 is 1.03 bits per heavy atom. The summed E-state index contributed by atoms with van der Waals surface area (Å²) in [5.74, 6) is 0.741. The number of halogens is 3. The van der Waals surface area contributed by atoms with Gasteiger partial charge in [0.05, 0.1) is 14.4 Å². The highest BCUT2D eigenvalue weighted by Gasteiger charge is 2.22. The maximum Gasteiger partial charge on any atom is 0.238 e. The third kappa shape index (κ3) is 5.18. The van der Waals surface area contributed by atoms with Crippen molar-refractivity contribution in [2.75, 3.05) is 0 Å². The van der Waals surface area contributed by atoms with Gasteiger partial charge in [-0.1, -0.05) is 25.4 Å². The number of hydrogen-bond donors (Lipinski definition) is 2. The predicted octanol–water partition coefficient (Wildman–Crippen LogP) is 6.36. The predicted molar refractivity (Wildman–Crippen MR) is 130 cm³/mol. The fourth-order valence-electron chi connectivity index (χ4n) is 2.97. The van der Waals surface area contributed by atoms with Crippen molar-refractivity contribution in [3.8, 4) is 17.2 Å². The van der Waals surface area contributed by atoms with Crippen molar-refractivity contribution in [2.24, 2.45) is 5.14 Å². The van der Waals surface area contributed by atoms with Gasteiger partial charge in [0.25, 0.3) is 0 Å². The van der Waals surface area contributed by atoms with Crippen LogP contribution in [-0.2, 0) is 10.0 Å². The number of aromatic hydroxyl groups is 1. The van der Waals surface area contributed by atoms with Gasteiger partial charge in [-0.05, 0) is 86.3 Å². The van der Waals surface area contributed by atoms with E-state index in [0.29, 0.717) is 20.4 Å². The van der Waals surface area contributed by atoms with Gasteiger partial charge in [-0.15, -0.1) is 0 Å². The van der Waals surface area contributed by atoms with E-state index in [9.17, 15) is 18.3 Å². The van der Waals surface area contributed by atoms with Crippen LogP contribution in [0.5, 0.6) is 17.2 Å². The van der Waals surface area contributed by atoms with Crippen LogP contribution in [0.3, 0.4) is 0 Å². The minimum atomic E-state index is -4.00. The molecule has 0 saturated heterocycles. The van der Waals surface area contributed by atoms with Crippen molar-refractivity contribution >= 4 is 59.3 Å². The lowest BCUT2D eigenvalue weighted by Gasteiger charge is -2.14. The molecule has 0 heterocycles. The third-order valence-corrected chi connectivity index (χ3v) is 8.03. The molecule has 3 N–H and O–H groups in total. The highest BCUT2D eigenvalue weighted by atomic mass is 79.9. The van der Waals surface area contributed by atoms with Gasteiger partial charge in [-0.2, -0.15) is 0 Å². The number of phenols is 1. The molecule has 0 aliphatic carbocycles. The molecule has 168 valence electrons. The quantitative estimate of drug-likeness (QED) is 0.319. The van der Waals surface area contributed by atoms with Crippen LogP contribution in [0.1, 0.15) is 41.3 Å². The normalized spacial score (nSPS) is 11.6. The van der Waals surface area contributed by atoms with E-state index in [4.69, 9.17) is 21.5 Å². The topological polar surface area (TPSA) is 107 Å². The SMILES string of the molecule is CC(C)c1cc(Oc2ccc(C(=O)c3cc(S(N)(=O)=O)ccc3Cl)c(Br)c2Br)ccc1O. The second-order valence-corrected chi connectivity index (χ2v) is 10.8. The molecule has 0 bridgehead atoms. The molecule has 6 nitrogen and oxygen atoms in total. The van der Waals surface area contributed by atoms with Crippen LogP contribution in [0.4, 0.5) is 0 Å². The maximum atomic E-state index is 13.1. The molecule has 3 aromatic carbocycles. The Morgan fingerprint density at radius 3 is 2.34 bits per heavy atom. The summed E-state index contributed by atoms with van der Waals surface area (Å²) in [6, 6.07) is 11.8. The monoisotopic (exact) mass is 601 g/mol. The number of rotatable bonds is 6. The van der Waals surface area contributed by atoms with Crippen LogP contribution in [0.2, 0.25) is 5.02 Å². The van der Waals surface area contributed by atoms with Gasteiger partial charge in [-0.25, -0.2) is 13.6 Å². The Balaban J connectivity index is 1.98. The van der Waals surface area contributed by atoms with Gasteiger partial charge < -0.3 is 9.84 Å². The second-order valence-electron chi connectivity index (χ2n) is 7.23. The average Bonchev–Trinajstić information content (AvgIpc) is 2.71. The summed E-state index contributed by atoms with van der Waals surface area (Å²) in [4.78, 5) is 12.9. The molecular weight excluding hydrogens is 586 g/mol. The zero-order chi connectivity index (χ0) is 23.8. The smallest absolute Gasteiger partial charge is 0.238 e. The molecule has 0 radical (unpaired) electrons. The number of ketones is 1. The number of carbonyl (C=O) groups is 1. The van der Waals surface area contributed by atoms with Crippen molar-refractivity contribution in [2.45, 2.75) is 24.7 Å². The third-order valence-electron chi connectivity index (χ3n) is 4.65. The number of ether oxygens (including phenoxy) is 1. The van der Waals surface area contributed by atoms with E-state index in [-0.39, 0.29) is 32.7 Å². The maximum absolute atomic E-state index is 13.1. The minimum Gasteiger partial charge on any atom is -0.508 e. The van der Waals surface area contributed by atoms with Crippen LogP contribution in [-0.4, -0.2) is 19.3 Å². The summed E-state index contributed by atoms with van der Waals surface area (Å²) in [5.41, 5.74) is 0.986. The first-order valence-electron chi connectivity index (χ1n) is 9.26. The highest BCUT2D eigenvalue weighted by Crippen LogP contribution is 2.40. The summed E-state index contributed by atoms with van der Waals surface area (Å²) in [6.07, 6.45) is 0. The van der Waals surface area contributed by atoms with E-state index in [1.54, 1.807) is 24.3 Å². The van der Waals surface area contributed by atoms with Crippen molar-refractivity contribution in [3.05, 3.63) is 79.2 Å². The lowest BCUT2D eigenvalue weighted by molar-refractivity contribution is 0.103. The largest absolute Gasteiger partial charge is 0.508 e.